The Hall–Kier alpha value is -1.92. The van der Waals surface area contributed by atoms with E-state index in [2.05, 4.69) is 10.6 Å². The molecule has 0 saturated heterocycles. The standard InChI is InChI=1S/C20H24N2O2S2/c1-15(17-9-5-3-6-10-17)21-19(23)13-25-26-14-20(24)22-16(2)18-11-7-4-8-12-18/h3-12,15-16H,13-14H2,1-2H3,(H,21,23)(H,22,24)/t15-,16-/m1/s1. The Labute approximate surface area is 162 Å². The third kappa shape index (κ3) is 7.14. The molecule has 0 aliphatic heterocycles. The molecular weight excluding hydrogens is 364 g/mol. The third-order valence-corrected chi connectivity index (χ3v) is 5.95. The van der Waals surface area contributed by atoms with Crippen molar-refractivity contribution in [2.45, 2.75) is 25.9 Å². The van der Waals surface area contributed by atoms with E-state index >= 15 is 0 Å². The van der Waals surface area contributed by atoms with E-state index in [1.54, 1.807) is 0 Å². The molecule has 2 aromatic carbocycles. The number of amides is 2. The SMILES string of the molecule is C[C@@H](NC(=O)CSSCC(=O)N[C@H](C)c1ccccc1)c1ccccc1. The molecule has 6 heteroatoms. The Morgan fingerprint density at radius 1 is 0.731 bits per heavy atom. The second-order valence-corrected chi connectivity index (χ2v) is 8.39. The van der Waals surface area contributed by atoms with Crippen molar-refractivity contribution in [2.75, 3.05) is 11.5 Å². The highest BCUT2D eigenvalue weighted by Crippen LogP contribution is 2.21. The van der Waals surface area contributed by atoms with Gasteiger partial charge in [-0.15, -0.1) is 0 Å². The van der Waals surface area contributed by atoms with Gasteiger partial charge in [-0.05, 0) is 25.0 Å². The van der Waals surface area contributed by atoms with Crippen LogP contribution in [0.1, 0.15) is 37.1 Å². The van der Waals surface area contributed by atoms with Gasteiger partial charge >= 0.3 is 0 Å². The van der Waals surface area contributed by atoms with Crippen molar-refractivity contribution in [2.24, 2.45) is 0 Å². The number of hydrogen-bond acceptors (Lipinski definition) is 4. The van der Waals surface area contributed by atoms with E-state index in [0.29, 0.717) is 11.5 Å². The molecule has 0 heterocycles. The summed E-state index contributed by atoms with van der Waals surface area (Å²) in [7, 11) is 2.79. The Bertz CT molecular complexity index is 634. The molecule has 0 unspecified atom stereocenters. The van der Waals surface area contributed by atoms with Gasteiger partial charge < -0.3 is 10.6 Å². The Morgan fingerprint density at radius 2 is 1.08 bits per heavy atom. The summed E-state index contributed by atoms with van der Waals surface area (Å²) in [6, 6.07) is 19.6. The molecule has 0 aromatic heterocycles. The van der Waals surface area contributed by atoms with Crippen LogP contribution in [-0.4, -0.2) is 23.3 Å². The molecule has 0 saturated carbocycles. The molecule has 0 bridgehead atoms. The lowest BCUT2D eigenvalue weighted by atomic mass is 10.1. The lowest BCUT2D eigenvalue weighted by Crippen LogP contribution is -2.29. The molecule has 4 nitrogen and oxygen atoms in total. The maximum Gasteiger partial charge on any atom is 0.231 e. The van der Waals surface area contributed by atoms with Gasteiger partial charge in [-0.25, -0.2) is 0 Å². The van der Waals surface area contributed by atoms with Gasteiger partial charge in [0.15, 0.2) is 0 Å². The van der Waals surface area contributed by atoms with Gasteiger partial charge in [-0.2, -0.15) is 0 Å². The molecule has 0 aliphatic carbocycles. The third-order valence-electron chi connectivity index (χ3n) is 3.82. The zero-order valence-electron chi connectivity index (χ0n) is 15.0. The number of hydrogen-bond donors (Lipinski definition) is 2. The molecule has 26 heavy (non-hydrogen) atoms. The molecule has 0 fully saturated rings. The van der Waals surface area contributed by atoms with Crippen LogP contribution in [0.3, 0.4) is 0 Å². The Kier molecular flexibility index (Phi) is 8.58. The van der Waals surface area contributed by atoms with E-state index in [1.807, 2.05) is 74.5 Å². The molecular formula is C20H24N2O2S2. The molecule has 0 spiro atoms. The van der Waals surface area contributed by atoms with Crippen molar-refractivity contribution >= 4 is 33.4 Å². The smallest absolute Gasteiger partial charge is 0.231 e. The van der Waals surface area contributed by atoms with Crippen LogP contribution in [0.15, 0.2) is 60.7 Å². The fourth-order valence-corrected chi connectivity index (χ4v) is 4.10. The topological polar surface area (TPSA) is 58.2 Å². The second-order valence-electron chi connectivity index (χ2n) is 5.92. The van der Waals surface area contributed by atoms with Crippen molar-refractivity contribution in [1.82, 2.24) is 10.6 Å². The number of benzene rings is 2. The van der Waals surface area contributed by atoms with Gasteiger partial charge in [0, 0.05) is 0 Å². The first-order valence-electron chi connectivity index (χ1n) is 8.49. The van der Waals surface area contributed by atoms with Crippen LogP contribution in [0.5, 0.6) is 0 Å². The van der Waals surface area contributed by atoms with Crippen LogP contribution < -0.4 is 10.6 Å². The molecule has 0 aliphatic rings. The average Bonchev–Trinajstić information content (AvgIpc) is 2.66. The summed E-state index contributed by atoms with van der Waals surface area (Å²) in [5.74, 6) is 0.584. The van der Waals surface area contributed by atoms with Gasteiger partial charge in [-0.3, -0.25) is 9.59 Å². The molecule has 2 amide bonds. The average molecular weight is 389 g/mol. The molecule has 2 atom stereocenters. The van der Waals surface area contributed by atoms with E-state index in [0.717, 1.165) is 11.1 Å². The van der Waals surface area contributed by atoms with Gasteiger partial charge in [0.05, 0.1) is 23.6 Å². The van der Waals surface area contributed by atoms with Crippen LogP contribution in [0.4, 0.5) is 0 Å². The van der Waals surface area contributed by atoms with Crippen LogP contribution in [0, 0.1) is 0 Å². The Balaban J connectivity index is 1.62. The van der Waals surface area contributed by atoms with Crippen LogP contribution in [0.2, 0.25) is 0 Å². The summed E-state index contributed by atoms with van der Waals surface area (Å²) in [6.45, 7) is 3.92. The van der Waals surface area contributed by atoms with Crippen molar-refractivity contribution in [3.8, 4) is 0 Å². The summed E-state index contributed by atoms with van der Waals surface area (Å²) in [4.78, 5) is 24.0. The second kappa shape index (κ2) is 10.9. The molecule has 138 valence electrons. The number of carbonyl (C=O) groups is 2. The minimum Gasteiger partial charge on any atom is -0.349 e. The lowest BCUT2D eigenvalue weighted by molar-refractivity contribution is -0.120. The fourth-order valence-electron chi connectivity index (χ4n) is 2.41. The number of rotatable bonds is 9. The summed E-state index contributed by atoms with van der Waals surface area (Å²) in [5, 5.41) is 5.93. The van der Waals surface area contributed by atoms with E-state index in [9.17, 15) is 9.59 Å². The summed E-state index contributed by atoms with van der Waals surface area (Å²) in [5.41, 5.74) is 2.15. The van der Waals surface area contributed by atoms with E-state index < -0.39 is 0 Å². The maximum absolute atomic E-state index is 12.0. The number of carbonyl (C=O) groups excluding carboxylic acids is 2. The lowest BCUT2D eigenvalue weighted by Gasteiger charge is -2.15. The van der Waals surface area contributed by atoms with Crippen LogP contribution in [0.25, 0.3) is 0 Å². The van der Waals surface area contributed by atoms with E-state index in [-0.39, 0.29) is 23.9 Å². The summed E-state index contributed by atoms with van der Waals surface area (Å²) >= 11 is 0. The first-order chi connectivity index (χ1) is 12.6. The van der Waals surface area contributed by atoms with Crippen LogP contribution in [-0.2, 0) is 9.59 Å². The summed E-state index contributed by atoms with van der Waals surface area (Å²) in [6.07, 6.45) is 0. The van der Waals surface area contributed by atoms with Gasteiger partial charge in [0.2, 0.25) is 11.8 Å². The Morgan fingerprint density at radius 3 is 1.42 bits per heavy atom. The van der Waals surface area contributed by atoms with Crippen molar-refractivity contribution in [1.29, 1.82) is 0 Å². The highest BCUT2D eigenvalue weighted by molar-refractivity contribution is 8.77. The predicted molar refractivity (Wildman–Crippen MR) is 111 cm³/mol. The van der Waals surface area contributed by atoms with Crippen molar-refractivity contribution in [3.05, 3.63) is 71.8 Å². The van der Waals surface area contributed by atoms with Gasteiger partial charge in [-0.1, -0.05) is 82.3 Å². The van der Waals surface area contributed by atoms with Crippen LogP contribution >= 0.6 is 21.6 Å². The molecule has 2 rings (SSSR count). The fraction of sp³-hybridized carbons (Fsp3) is 0.300. The molecule has 0 radical (unpaired) electrons. The maximum atomic E-state index is 12.0. The van der Waals surface area contributed by atoms with Gasteiger partial charge in [0.1, 0.15) is 0 Å². The van der Waals surface area contributed by atoms with Gasteiger partial charge in [0.25, 0.3) is 0 Å². The highest BCUT2D eigenvalue weighted by Gasteiger charge is 2.11. The van der Waals surface area contributed by atoms with E-state index in [1.165, 1.54) is 21.6 Å². The minimum absolute atomic E-state index is 0.0238. The first kappa shape index (κ1) is 20.4. The van der Waals surface area contributed by atoms with Crippen molar-refractivity contribution < 1.29 is 9.59 Å². The summed E-state index contributed by atoms with van der Waals surface area (Å²) < 4.78 is 0. The first-order valence-corrected chi connectivity index (χ1v) is 11.0. The normalized spacial score (nSPS) is 12.8. The molecule has 2 N–H and O–H groups in total. The zero-order chi connectivity index (χ0) is 18.8. The number of nitrogens with one attached hydrogen (secondary N) is 2. The van der Waals surface area contributed by atoms with E-state index in [4.69, 9.17) is 0 Å². The quantitative estimate of drug-likeness (QED) is 0.501. The largest absolute Gasteiger partial charge is 0.349 e. The molecule has 2 aromatic rings. The van der Waals surface area contributed by atoms with Crippen molar-refractivity contribution in [3.63, 3.8) is 0 Å². The monoisotopic (exact) mass is 388 g/mol. The highest BCUT2D eigenvalue weighted by atomic mass is 33.1. The minimum atomic E-state index is -0.0306. The zero-order valence-corrected chi connectivity index (χ0v) is 16.6. The predicted octanol–water partition coefficient (Wildman–Crippen LogP) is 4.12.